The molecule has 0 aliphatic rings. The van der Waals surface area contributed by atoms with Crippen molar-refractivity contribution in [2.75, 3.05) is 0 Å². The van der Waals surface area contributed by atoms with Crippen molar-refractivity contribution in [1.29, 1.82) is 0 Å². The van der Waals surface area contributed by atoms with Gasteiger partial charge in [0.2, 0.25) is 0 Å². The summed E-state index contributed by atoms with van der Waals surface area (Å²) < 4.78 is 1.91. The number of nitrogens with zero attached hydrogens (tertiary/aromatic N) is 3. The molecule has 90 valence electrons. The molecule has 0 saturated carbocycles. The Bertz CT molecular complexity index is 513. The van der Waals surface area contributed by atoms with Crippen LogP contribution in [0.3, 0.4) is 0 Å². The smallest absolute Gasteiger partial charge is 0.142 e. The lowest BCUT2D eigenvalue weighted by molar-refractivity contribution is 0.849. The second kappa shape index (κ2) is 5.76. The standard InChI is InChI=1S/C11H11Cl2N3S/c1-16-7-14-15-11(16)6-17-5-8-2-3-9(12)4-10(8)13/h2-4,7H,5-6H2,1H3. The molecule has 0 saturated heterocycles. The van der Waals surface area contributed by atoms with Crippen LogP contribution in [0.2, 0.25) is 10.0 Å². The van der Waals surface area contributed by atoms with Gasteiger partial charge in [0.05, 0.1) is 5.75 Å². The highest BCUT2D eigenvalue weighted by atomic mass is 35.5. The summed E-state index contributed by atoms with van der Waals surface area (Å²) >= 11 is 13.7. The molecule has 6 heteroatoms. The maximum atomic E-state index is 6.09. The van der Waals surface area contributed by atoms with Crippen molar-refractivity contribution < 1.29 is 0 Å². The minimum absolute atomic E-state index is 0.664. The number of rotatable bonds is 4. The van der Waals surface area contributed by atoms with Gasteiger partial charge in [-0.15, -0.1) is 22.0 Å². The third-order valence-electron chi connectivity index (χ3n) is 2.31. The van der Waals surface area contributed by atoms with Gasteiger partial charge in [0, 0.05) is 22.8 Å². The number of hydrogen-bond acceptors (Lipinski definition) is 3. The van der Waals surface area contributed by atoms with Gasteiger partial charge in [0.25, 0.3) is 0 Å². The lowest BCUT2D eigenvalue weighted by Crippen LogP contribution is -1.95. The van der Waals surface area contributed by atoms with Crippen molar-refractivity contribution in [3.8, 4) is 0 Å². The molecule has 0 aliphatic carbocycles. The average molecular weight is 288 g/mol. The molecule has 1 heterocycles. The molecule has 0 amide bonds. The lowest BCUT2D eigenvalue weighted by atomic mass is 10.2. The van der Waals surface area contributed by atoms with Crippen LogP contribution in [-0.2, 0) is 18.6 Å². The summed E-state index contributed by atoms with van der Waals surface area (Å²) in [7, 11) is 1.94. The van der Waals surface area contributed by atoms with E-state index in [9.17, 15) is 0 Å². The Labute approximate surface area is 114 Å². The normalized spacial score (nSPS) is 10.8. The molecular formula is C11H11Cl2N3S. The van der Waals surface area contributed by atoms with E-state index in [0.29, 0.717) is 10.0 Å². The number of thioether (sulfide) groups is 1. The quantitative estimate of drug-likeness (QED) is 0.862. The van der Waals surface area contributed by atoms with E-state index in [-0.39, 0.29) is 0 Å². The molecule has 0 N–H and O–H groups in total. The minimum Gasteiger partial charge on any atom is -0.320 e. The second-order valence-electron chi connectivity index (χ2n) is 3.59. The molecule has 0 atom stereocenters. The Balaban J connectivity index is 1.92. The molecule has 0 fully saturated rings. The summed E-state index contributed by atoms with van der Waals surface area (Å²) in [4.78, 5) is 0. The van der Waals surface area contributed by atoms with Crippen molar-refractivity contribution in [3.05, 3.63) is 46.0 Å². The molecule has 0 radical (unpaired) electrons. The van der Waals surface area contributed by atoms with E-state index in [1.807, 2.05) is 23.7 Å². The van der Waals surface area contributed by atoms with Gasteiger partial charge < -0.3 is 4.57 Å². The Kier molecular flexibility index (Phi) is 4.31. The molecule has 1 aromatic carbocycles. The van der Waals surface area contributed by atoms with Crippen LogP contribution in [0.1, 0.15) is 11.4 Å². The van der Waals surface area contributed by atoms with Crippen LogP contribution < -0.4 is 0 Å². The van der Waals surface area contributed by atoms with Crippen LogP contribution in [-0.4, -0.2) is 14.8 Å². The Hall–Kier alpha value is -0.710. The van der Waals surface area contributed by atoms with Crippen LogP contribution in [0, 0.1) is 0 Å². The Morgan fingerprint density at radius 3 is 2.76 bits per heavy atom. The SMILES string of the molecule is Cn1cnnc1CSCc1ccc(Cl)cc1Cl. The van der Waals surface area contributed by atoms with Crippen LogP contribution in [0.15, 0.2) is 24.5 Å². The van der Waals surface area contributed by atoms with Crippen molar-refractivity contribution in [2.45, 2.75) is 11.5 Å². The zero-order chi connectivity index (χ0) is 12.3. The zero-order valence-electron chi connectivity index (χ0n) is 9.23. The summed E-state index contributed by atoms with van der Waals surface area (Å²) in [6.45, 7) is 0. The summed E-state index contributed by atoms with van der Waals surface area (Å²) in [5.74, 6) is 2.61. The molecule has 2 rings (SSSR count). The van der Waals surface area contributed by atoms with Gasteiger partial charge in [-0.1, -0.05) is 29.3 Å². The number of halogens is 2. The van der Waals surface area contributed by atoms with Crippen LogP contribution in [0.25, 0.3) is 0 Å². The van der Waals surface area contributed by atoms with Crippen LogP contribution in [0.5, 0.6) is 0 Å². The first-order valence-corrected chi connectivity index (χ1v) is 6.92. The molecule has 1 aromatic heterocycles. The Morgan fingerprint density at radius 1 is 1.29 bits per heavy atom. The van der Waals surface area contributed by atoms with E-state index >= 15 is 0 Å². The highest BCUT2D eigenvalue weighted by Gasteiger charge is 2.04. The molecule has 2 aromatic rings. The van der Waals surface area contributed by atoms with Gasteiger partial charge in [-0.05, 0) is 17.7 Å². The van der Waals surface area contributed by atoms with Crippen LogP contribution in [0.4, 0.5) is 0 Å². The van der Waals surface area contributed by atoms with E-state index in [2.05, 4.69) is 10.2 Å². The highest BCUT2D eigenvalue weighted by Crippen LogP contribution is 2.25. The number of aryl methyl sites for hydroxylation is 1. The predicted octanol–water partition coefficient (Wildman–Crippen LogP) is 3.56. The molecule has 0 aliphatic heterocycles. The van der Waals surface area contributed by atoms with E-state index in [1.54, 1.807) is 24.2 Å². The third-order valence-corrected chi connectivity index (χ3v) is 3.87. The molecule has 3 nitrogen and oxygen atoms in total. The van der Waals surface area contributed by atoms with Crippen LogP contribution >= 0.6 is 35.0 Å². The molecule has 17 heavy (non-hydrogen) atoms. The predicted molar refractivity (Wildman–Crippen MR) is 72.5 cm³/mol. The first-order chi connectivity index (χ1) is 8.16. The molecule has 0 unspecified atom stereocenters. The topological polar surface area (TPSA) is 30.7 Å². The van der Waals surface area contributed by atoms with Gasteiger partial charge in [0.15, 0.2) is 0 Å². The van der Waals surface area contributed by atoms with E-state index in [0.717, 1.165) is 22.9 Å². The first-order valence-electron chi connectivity index (χ1n) is 5.01. The maximum absolute atomic E-state index is 6.09. The van der Waals surface area contributed by atoms with Gasteiger partial charge in [-0.2, -0.15) is 0 Å². The molecular weight excluding hydrogens is 277 g/mol. The number of hydrogen-bond donors (Lipinski definition) is 0. The lowest BCUT2D eigenvalue weighted by Gasteiger charge is -2.04. The van der Waals surface area contributed by atoms with Crippen molar-refractivity contribution in [1.82, 2.24) is 14.8 Å². The summed E-state index contributed by atoms with van der Waals surface area (Å²) in [5.41, 5.74) is 1.09. The maximum Gasteiger partial charge on any atom is 0.142 e. The van der Waals surface area contributed by atoms with Crippen molar-refractivity contribution in [2.24, 2.45) is 7.05 Å². The second-order valence-corrected chi connectivity index (χ2v) is 5.42. The highest BCUT2D eigenvalue weighted by molar-refractivity contribution is 7.97. The first kappa shape index (κ1) is 12.7. The fourth-order valence-corrected chi connectivity index (χ4v) is 2.90. The fraction of sp³-hybridized carbons (Fsp3) is 0.273. The van der Waals surface area contributed by atoms with Gasteiger partial charge in [0.1, 0.15) is 12.2 Å². The molecule has 0 spiro atoms. The summed E-state index contributed by atoms with van der Waals surface area (Å²) in [5, 5.41) is 9.23. The van der Waals surface area contributed by atoms with Crippen molar-refractivity contribution >= 4 is 35.0 Å². The molecule has 0 bridgehead atoms. The summed E-state index contributed by atoms with van der Waals surface area (Å²) in [6, 6.07) is 5.57. The van der Waals surface area contributed by atoms with E-state index < -0.39 is 0 Å². The van der Waals surface area contributed by atoms with Crippen molar-refractivity contribution in [3.63, 3.8) is 0 Å². The van der Waals surface area contributed by atoms with E-state index in [1.165, 1.54) is 0 Å². The third kappa shape index (κ3) is 3.37. The van der Waals surface area contributed by atoms with E-state index in [4.69, 9.17) is 23.2 Å². The monoisotopic (exact) mass is 287 g/mol. The fourth-order valence-electron chi connectivity index (χ4n) is 1.33. The Morgan fingerprint density at radius 2 is 2.12 bits per heavy atom. The zero-order valence-corrected chi connectivity index (χ0v) is 11.6. The minimum atomic E-state index is 0.664. The van der Waals surface area contributed by atoms with Gasteiger partial charge in [-0.25, -0.2) is 0 Å². The average Bonchev–Trinajstić information content (AvgIpc) is 2.68. The van der Waals surface area contributed by atoms with Gasteiger partial charge >= 0.3 is 0 Å². The number of benzene rings is 1. The summed E-state index contributed by atoms with van der Waals surface area (Å²) in [6.07, 6.45) is 1.70. The number of aromatic nitrogens is 3. The van der Waals surface area contributed by atoms with Gasteiger partial charge in [-0.3, -0.25) is 0 Å². The largest absolute Gasteiger partial charge is 0.320 e.